The Balaban J connectivity index is -0.00000000750. The summed E-state index contributed by atoms with van der Waals surface area (Å²) in [6.45, 7) is 0. The molecular weight excluding hydrogens is 405 g/mol. The third-order valence-electron chi connectivity index (χ3n) is 0. The van der Waals surface area contributed by atoms with E-state index in [1.807, 2.05) is 0 Å². The monoisotopic (exact) mass is 407 g/mol. The van der Waals surface area contributed by atoms with Crippen molar-refractivity contribution in [2.45, 2.75) is 0 Å². The van der Waals surface area contributed by atoms with Crippen molar-refractivity contribution < 1.29 is 85.8 Å². The summed E-state index contributed by atoms with van der Waals surface area (Å²) in [6.07, 6.45) is 0. The van der Waals surface area contributed by atoms with Crippen molar-refractivity contribution in [3.8, 4) is 0 Å². The predicted molar refractivity (Wildman–Crippen MR) is 14.5 cm³/mol. The maximum atomic E-state index is 8.67. The first-order valence-electron chi connectivity index (χ1n) is 0.532. The number of hydrogen-bond donors (Lipinski definition) is 2. The third kappa shape index (κ3) is 59.2. The normalized spacial score (nSPS) is 5.00. The number of hydrogen-bond acceptors (Lipinski definition) is 1. The molecule has 0 aromatic heterocycles. The molecule has 3 nitrogen and oxygen atoms in total. The molecule has 0 aliphatic carbocycles. The molecule has 0 aromatic rings. The summed E-state index contributed by atoms with van der Waals surface area (Å²) in [4.78, 5) is 0. The van der Waals surface area contributed by atoms with Crippen LogP contribution in [-0.4, -0.2) is 13.3 Å². The molecule has 0 aliphatic rings. The summed E-state index contributed by atoms with van der Waals surface area (Å²) >= 11 is -2.61. The minimum atomic E-state index is -2.61. The van der Waals surface area contributed by atoms with Gasteiger partial charge in [0.05, 0.1) is 0 Å². The van der Waals surface area contributed by atoms with Gasteiger partial charge in [0.25, 0.3) is 11.4 Å². The summed E-state index contributed by atoms with van der Waals surface area (Å²) < 4.78 is 22.8. The predicted octanol–water partition coefficient (Wildman–Crippen LogP) is -3.21. The minimum Gasteiger partial charge on any atom is -1.00 e. The van der Waals surface area contributed by atoms with Gasteiger partial charge in [-0.15, -0.1) is 0 Å². The van der Waals surface area contributed by atoms with Crippen LogP contribution in [0.3, 0.4) is 0 Å². The number of rotatable bonds is 0. The molecule has 0 unspecified atom stereocenters. The van der Waals surface area contributed by atoms with E-state index in [4.69, 9.17) is 13.3 Å². The van der Waals surface area contributed by atoms with E-state index in [0.29, 0.717) is 0 Å². The molecule has 0 radical (unpaired) electrons. The van der Waals surface area contributed by atoms with E-state index in [0.717, 1.165) is 0 Å². The van der Waals surface area contributed by atoms with Gasteiger partial charge >= 0.3 is 29.6 Å². The van der Waals surface area contributed by atoms with Gasteiger partial charge in [0.1, 0.15) is 0 Å². The molecule has 0 bridgehead atoms. The Morgan fingerprint density at radius 2 is 1.43 bits per heavy atom. The Morgan fingerprint density at radius 1 is 1.43 bits per heavy atom. The molecule has 0 atom stereocenters. The van der Waals surface area contributed by atoms with Gasteiger partial charge in [-0.1, -0.05) is 0 Å². The van der Waals surface area contributed by atoms with Crippen molar-refractivity contribution in [2.24, 2.45) is 0 Å². The van der Waals surface area contributed by atoms with Gasteiger partial charge in [-0.25, -0.2) is 0 Å². The molecule has 0 heterocycles. The van der Waals surface area contributed by atoms with Crippen LogP contribution in [0.1, 0.15) is 1.43 Å². The zero-order valence-electron chi connectivity index (χ0n) is 4.34. The van der Waals surface area contributed by atoms with Crippen LogP contribution >= 0.6 is 0 Å². The fraction of sp³-hybridized carbons (Fsp3) is 0. The van der Waals surface area contributed by atoms with E-state index in [2.05, 4.69) is 0 Å². The zero-order valence-corrected chi connectivity index (χ0v) is 9.99. The van der Waals surface area contributed by atoms with Crippen molar-refractivity contribution in [1.29, 1.82) is 0 Å². The van der Waals surface area contributed by atoms with Crippen LogP contribution in [0.25, 0.3) is 0 Å². The minimum absolute atomic E-state index is 0. The van der Waals surface area contributed by atoms with Gasteiger partial charge < -0.3 is 1.43 Å². The van der Waals surface area contributed by atoms with E-state index in [9.17, 15) is 0 Å². The van der Waals surface area contributed by atoms with Gasteiger partial charge in [0.2, 0.25) is 0 Å². The summed E-state index contributed by atoms with van der Waals surface area (Å²) in [5, 5.41) is 0. The van der Waals surface area contributed by atoms with Crippen molar-refractivity contribution in [3.05, 3.63) is 0 Å². The van der Waals surface area contributed by atoms with Gasteiger partial charge in [0, 0.05) is 41.5 Å². The molecule has 0 fully saturated rings. The molecule has 48 valence electrons. The standard InChI is InChI=1S/Na.H2O3S.Pd.Pt.H/c;1-4(2)3;;;/h;(H2,1,2,3);;;/q+1;;;;-1. The largest absolute Gasteiger partial charge is 1.00 e. The van der Waals surface area contributed by atoms with E-state index in [1.165, 1.54) is 0 Å². The SMILES string of the molecule is O=S(O)O.[H-].[Na+].[Pd].[Pt]. The summed E-state index contributed by atoms with van der Waals surface area (Å²) in [5.74, 6) is 0. The summed E-state index contributed by atoms with van der Waals surface area (Å²) in [7, 11) is 0. The van der Waals surface area contributed by atoms with E-state index in [-0.39, 0.29) is 72.5 Å². The van der Waals surface area contributed by atoms with Crippen molar-refractivity contribution >= 4 is 11.4 Å². The first kappa shape index (κ1) is 22.7. The summed E-state index contributed by atoms with van der Waals surface area (Å²) in [6, 6.07) is 0. The Kier molecular flexibility index (Phi) is 51.3. The average molecular weight is 408 g/mol. The average Bonchev–Trinajstić information content (AvgIpc) is 0.811. The molecule has 7 heavy (non-hydrogen) atoms. The van der Waals surface area contributed by atoms with E-state index >= 15 is 0 Å². The first-order valence-corrected chi connectivity index (χ1v) is 1.60. The zero-order chi connectivity index (χ0) is 3.58. The van der Waals surface area contributed by atoms with Crippen LogP contribution in [0.2, 0.25) is 0 Å². The third-order valence-corrected chi connectivity index (χ3v) is 0. The van der Waals surface area contributed by atoms with E-state index in [1.54, 1.807) is 0 Å². The van der Waals surface area contributed by atoms with E-state index < -0.39 is 11.4 Å². The second-order valence-electron chi connectivity index (χ2n) is 0.231. The molecular formula is H3NaO3PdPtS. The second kappa shape index (κ2) is 15.8. The molecule has 2 N–H and O–H groups in total. The van der Waals surface area contributed by atoms with Crippen LogP contribution in [0.4, 0.5) is 0 Å². The van der Waals surface area contributed by atoms with Gasteiger partial charge in [-0.2, -0.15) is 4.21 Å². The van der Waals surface area contributed by atoms with Crippen molar-refractivity contribution in [1.82, 2.24) is 0 Å². The quantitative estimate of drug-likeness (QED) is 0.328. The van der Waals surface area contributed by atoms with Crippen molar-refractivity contribution in [3.63, 3.8) is 0 Å². The molecule has 0 aromatic carbocycles. The van der Waals surface area contributed by atoms with Gasteiger partial charge in [-0.05, 0) is 0 Å². The molecule has 0 spiro atoms. The van der Waals surface area contributed by atoms with Crippen molar-refractivity contribution in [2.75, 3.05) is 0 Å². The smallest absolute Gasteiger partial charge is 1.00 e. The Morgan fingerprint density at radius 3 is 1.43 bits per heavy atom. The Labute approximate surface area is 95.8 Å². The van der Waals surface area contributed by atoms with Crippen LogP contribution < -0.4 is 29.6 Å². The molecule has 0 saturated carbocycles. The maximum absolute atomic E-state index is 8.67. The Bertz CT molecular complexity index is 42.3. The Hall–Kier alpha value is 2.42. The van der Waals surface area contributed by atoms with Crippen LogP contribution in [0.15, 0.2) is 0 Å². The van der Waals surface area contributed by atoms with Crippen LogP contribution in [-0.2, 0) is 52.8 Å². The molecule has 7 heteroatoms. The molecule has 0 rings (SSSR count). The summed E-state index contributed by atoms with van der Waals surface area (Å²) in [5.41, 5.74) is 0. The fourth-order valence-electron chi connectivity index (χ4n) is 0. The van der Waals surface area contributed by atoms with Gasteiger partial charge in [-0.3, -0.25) is 9.11 Å². The second-order valence-corrected chi connectivity index (χ2v) is 0.692. The van der Waals surface area contributed by atoms with Gasteiger partial charge in [0.15, 0.2) is 0 Å². The molecule has 0 aliphatic heterocycles. The maximum Gasteiger partial charge on any atom is 1.00 e. The topological polar surface area (TPSA) is 57.5 Å². The molecule has 0 amide bonds. The van der Waals surface area contributed by atoms with Crippen LogP contribution in [0, 0.1) is 0 Å². The fourth-order valence-corrected chi connectivity index (χ4v) is 0. The first-order chi connectivity index (χ1) is 1.73. The van der Waals surface area contributed by atoms with Crippen LogP contribution in [0.5, 0.6) is 0 Å². The molecule has 0 saturated heterocycles.